The highest BCUT2D eigenvalue weighted by Crippen LogP contribution is 2.28. The number of benzene rings is 2. The van der Waals surface area contributed by atoms with E-state index in [0.29, 0.717) is 0 Å². The van der Waals surface area contributed by atoms with Crippen LogP contribution in [0, 0.1) is 5.41 Å². The summed E-state index contributed by atoms with van der Waals surface area (Å²) in [5.74, 6) is 1.03. The molecule has 106 valence electrons. The van der Waals surface area contributed by atoms with Crippen molar-refractivity contribution in [2.45, 2.75) is 27.3 Å². The maximum atomic E-state index is 4.86. The molecule has 0 N–H and O–H groups in total. The van der Waals surface area contributed by atoms with Crippen molar-refractivity contribution in [3.8, 4) is 0 Å². The van der Waals surface area contributed by atoms with E-state index < -0.39 is 0 Å². The van der Waals surface area contributed by atoms with E-state index >= 15 is 0 Å². The molecule has 2 heterocycles. The third-order valence-corrected chi connectivity index (χ3v) is 3.83. The summed E-state index contributed by atoms with van der Waals surface area (Å²) < 4.78 is 4.62. The Labute approximate surface area is 123 Å². The molecule has 0 aliphatic carbocycles. The molecule has 0 saturated heterocycles. The van der Waals surface area contributed by atoms with Crippen molar-refractivity contribution < 1.29 is 0 Å². The smallest absolute Gasteiger partial charge is 0.215 e. The van der Waals surface area contributed by atoms with Crippen LogP contribution in [0.3, 0.4) is 0 Å². The monoisotopic (exact) mass is 277 g/mol. The quantitative estimate of drug-likeness (QED) is 0.502. The number of nitrogens with zero attached hydrogens (tertiary/aromatic N) is 3. The average Bonchev–Trinajstić information content (AvgIpc) is 2.95. The summed E-state index contributed by atoms with van der Waals surface area (Å²) in [6, 6.07) is 16.9. The fraction of sp³-hybridized carbons (Fsp3) is 0.278. The molecule has 3 heteroatoms. The Balaban J connectivity index is 2.18. The lowest BCUT2D eigenvalue weighted by atomic mass is 9.97. The Morgan fingerprint density at radius 3 is 2.19 bits per heavy atom. The highest BCUT2D eigenvalue weighted by Gasteiger charge is 2.19. The van der Waals surface area contributed by atoms with Crippen molar-refractivity contribution in [1.82, 2.24) is 14.0 Å². The molecule has 0 amide bonds. The van der Waals surface area contributed by atoms with Gasteiger partial charge in [-0.15, -0.1) is 0 Å². The maximum absolute atomic E-state index is 4.86. The zero-order valence-electron chi connectivity index (χ0n) is 12.7. The van der Waals surface area contributed by atoms with E-state index in [1.807, 2.05) is 6.07 Å². The molecule has 21 heavy (non-hydrogen) atoms. The first-order valence-corrected chi connectivity index (χ1v) is 7.39. The van der Waals surface area contributed by atoms with E-state index in [0.717, 1.165) is 17.8 Å². The van der Waals surface area contributed by atoms with Crippen molar-refractivity contribution in [2.24, 2.45) is 5.41 Å². The van der Waals surface area contributed by atoms with Gasteiger partial charge in [0, 0.05) is 6.54 Å². The van der Waals surface area contributed by atoms with Crippen LogP contribution in [0.15, 0.2) is 48.5 Å². The molecule has 0 atom stereocenters. The van der Waals surface area contributed by atoms with E-state index in [1.165, 1.54) is 16.6 Å². The highest BCUT2D eigenvalue weighted by atomic mass is 15.2. The van der Waals surface area contributed by atoms with Gasteiger partial charge in [-0.25, -0.2) is 4.98 Å². The van der Waals surface area contributed by atoms with Gasteiger partial charge in [0.15, 0.2) is 0 Å². The van der Waals surface area contributed by atoms with Crippen LogP contribution in [0.1, 0.15) is 20.8 Å². The number of rotatable bonds is 1. The topological polar surface area (TPSA) is 22.2 Å². The number of hydrogen-bond acceptors (Lipinski definition) is 1. The first-order valence-electron chi connectivity index (χ1n) is 7.39. The van der Waals surface area contributed by atoms with Crippen LogP contribution in [0.25, 0.3) is 27.8 Å². The number of fused-ring (bicyclic) bond motifs is 5. The molecule has 3 nitrogen and oxygen atoms in total. The van der Waals surface area contributed by atoms with Crippen molar-refractivity contribution in [1.29, 1.82) is 0 Å². The highest BCUT2D eigenvalue weighted by molar-refractivity contribution is 5.90. The van der Waals surface area contributed by atoms with Gasteiger partial charge in [-0.05, 0) is 29.7 Å². The molecule has 0 fully saturated rings. The minimum Gasteiger partial charge on any atom is -0.309 e. The predicted octanol–water partition coefficient (Wildman–Crippen LogP) is 4.49. The van der Waals surface area contributed by atoms with Crippen molar-refractivity contribution in [3.05, 3.63) is 48.5 Å². The predicted molar refractivity (Wildman–Crippen MR) is 87.6 cm³/mol. The Morgan fingerprint density at radius 1 is 0.857 bits per heavy atom. The molecule has 0 radical (unpaired) electrons. The lowest BCUT2D eigenvalue weighted by Gasteiger charge is -2.19. The zero-order valence-corrected chi connectivity index (χ0v) is 12.7. The molecule has 0 unspecified atom stereocenters. The van der Waals surface area contributed by atoms with Gasteiger partial charge >= 0.3 is 0 Å². The second-order valence-electron chi connectivity index (χ2n) is 6.87. The molecule has 0 spiro atoms. The zero-order chi connectivity index (χ0) is 14.6. The summed E-state index contributed by atoms with van der Waals surface area (Å²) in [5, 5.41) is 0. The van der Waals surface area contributed by atoms with Gasteiger partial charge < -0.3 is 4.57 Å². The Bertz CT molecular complexity index is 951. The molecule has 4 rings (SSSR count). The third kappa shape index (κ3) is 1.84. The minimum atomic E-state index is 0.209. The van der Waals surface area contributed by atoms with Crippen LogP contribution >= 0.6 is 0 Å². The van der Waals surface area contributed by atoms with Crippen LogP contribution in [0.2, 0.25) is 0 Å². The van der Waals surface area contributed by atoms with Crippen LogP contribution < -0.4 is 0 Å². The maximum Gasteiger partial charge on any atom is 0.215 e. The second kappa shape index (κ2) is 4.10. The fourth-order valence-corrected chi connectivity index (χ4v) is 3.05. The first-order chi connectivity index (χ1) is 10.0. The summed E-state index contributed by atoms with van der Waals surface area (Å²) in [6.07, 6.45) is 0. The third-order valence-electron chi connectivity index (χ3n) is 3.83. The van der Waals surface area contributed by atoms with Crippen molar-refractivity contribution >= 4 is 27.8 Å². The SMILES string of the molecule is CC(C)(C)Cn1c2ccccc2n2c3ccccc3nc12. The van der Waals surface area contributed by atoms with Crippen molar-refractivity contribution in [3.63, 3.8) is 0 Å². The van der Waals surface area contributed by atoms with Gasteiger partial charge in [0.2, 0.25) is 5.78 Å². The standard InChI is InChI=1S/C18H19N3/c1-18(2,3)12-20-15-10-6-7-11-16(15)21-14-9-5-4-8-13(14)19-17(20)21/h4-11H,12H2,1-3H3. The molecule has 2 aromatic heterocycles. The number of imidazole rings is 2. The molecule has 0 bridgehead atoms. The second-order valence-corrected chi connectivity index (χ2v) is 6.87. The number of hydrogen-bond donors (Lipinski definition) is 0. The van der Waals surface area contributed by atoms with Gasteiger partial charge in [-0.2, -0.15) is 0 Å². The van der Waals surface area contributed by atoms with Crippen molar-refractivity contribution in [2.75, 3.05) is 0 Å². The van der Waals surface area contributed by atoms with Gasteiger partial charge in [0.25, 0.3) is 0 Å². The Kier molecular flexibility index (Phi) is 2.43. The van der Waals surface area contributed by atoms with Gasteiger partial charge in [0.05, 0.1) is 22.1 Å². The van der Waals surface area contributed by atoms with Crippen LogP contribution in [-0.4, -0.2) is 14.0 Å². The minimum absolute atomic E-state index is 0.209. The van der Waals surface area contributed by atoms with Gasteiger partial charge in [0.1, 0.15) is 0 Å². The molecule has 0 aliphatic rings. The lowest BCUT2D eigenvalue weighted by Crippen LogP contribution is -2.15. The van der Waals surface area contributed by atoms with E-state index in [-0.39, 0.29) is 5.41 Å². The molecular weight excluding hydrogens is 258 g/mol. The van der Waals surface area contributed by atoms with E-state index in [9.17, 15) is 0 Å². The van der Waals surface area contributed by atoms with E-state index in [2.05, 4.69) is 72.2 Å². The van der Waals surface area contributed by atoms with Crippen LogP contribution in [0.5, 0.6) is 0 Å². The van der Waals surface area contributed by atoms with Gasteiger partial charge in [-0.3, -0.25) is 4.40 Å². The largest absolute Gasteiger partial charge is 0.309 e. The number of para-hydroxylation sites is 4. The molecule has 0 saturated carbocycles. The Hall–Kier alpha value is -2.29. The average molecular weight is 277 g/mol. The lowest BCUT2D eigenvalue weighted by molar-refractivity contribution is 0.352. The molecule has 4 aromatic rings. The molecular formula is C18H19N3. The Morgan fingerprint density at radius 2 is 1.48 bits per heavy atom. The van der Waals surface area contributed by atoms with E-state index in [4.69, 9.17) is 4.98 Å². The summed E-state index contributed by atoms with van der Waals surface area (Å²) in [4.78, 5) is 4.86. The fourth-order valence-electron chi connectivity index (χ4n) is 3.05. The van der Waals surface area contributed by atoms with Crippen LogP contribution in [-0.2, 0) is 6.54 Å². The molecule has 0 aliphatic heterocycles. The summed E-state index contributed by atoms with van der Waals surface area (Å²) >= 11 is 0. The van der Waals surface area contributed by atoms with Gasteiger partial charge in [-0.1, -0.05) is 45.0 Å². The van der Waals surface area contributed by atoms with Crippen LogP contribution in [0.4, 0.5) is 0 Å². The summed E-state index contributed by atoms with van der Waals surface area (Å²) in [5.41, 5.74) is 4.92. The van der Waals surface area contributed by atoms with E-state index in [1.54, 1.807) is 0 Å². The summed E-state index contributed by atoms with van der Waals surface area (Å²) in [6.45, 7) is 7.75. The molecule has 2 aromatic carbocycles. The number of aromatic nitrogens is 3. The normalized spacial score (nSPS) is 12.7. The summed E-state index contributed by atoms with van der Waals surface area (Å²) in [7, 11) is 0. The first kappa shape index (κ1) is 12.5.